The Balaban J connectivity index is 1.61. The molecule has 1 heterocycles. The number of hydrogen-bond acceptors (Lipinski definition) is 1. The van der Waals surface area contributed by atoms with E-state index in [4.69, 9.17) is 0 Å². The molecule has 0 amide bonds. The molecule has 15 heavy (non-hydrogen) atoms. The third-order valence-corrected chi connectivity index (χ3v) is 3.67. The summed E-state index contributed by atoms with van der Waals surface area (Å²) in [4.78, 5) is 0. The minimum Gasteiger partial charge on any atom is -0.317 e. The third-order valence-electron chi connectivity index (χ3n) is 3.67. The topological polar surface area (TPSA) is 12.0 Å². The summed E-state index contributed by atoms with van der Waals surface area (Å²) in [7, 11) is 0. The van der Waals surface area contributed by atoms with E-state index < -0.39 is 0 Å². The average Bonchev–Trinajstić information content (AvgIpc) is 2.32. The molecule has 84 valence electrons. The first-order chi connectivity index (χ1) is 7.45. The van der Waals surface area contributed by atoms with Crippen LogP contribution >= 0.6 is 0 Å². The van der Waals surface area contributed by atoms with Gasteiger partial charge in [0.2, 0.25) is 0 Å². The third kappa shape index (κ3) is 3.83. The fourth-order valence-electron chi connectivity index (χ4n) is 2.65. The molecule has 0 spiro atoms. The second-order valence-electron chi connectivity index (χ2n) is 4.88. The van der Waals surface area contributed by atoms with Crippen molar-refractivity contribution in [2.24, 2.45) is 5.92 Å². The normalized spacial score (nSPS) is 22.8. The number of allylic oxidation sites excluding steroid dienone is 4. The second kappa shape index (κ2) is 6.12. The van der Waals surface area contributed by atoms with Gasteiger partial charge in [-0.3, -0.25) is 0 Å². The van der Waals surface area contributed by atoms with E-state index in [1.807, 2.05) is 0 Å². The Kier molecular flexibility index (Phi) is 4.46. The van der Waals surface area contributed by atoms with E-state index in [-0.39, 0.29) is 0 Å². The lowest BCUT2D eigenvalue weighted by Gasteiger charge is -2.22. The molecule has 1 nitrogen and oxygen atoms in total. The van der Waals surface area contributed by atoms with Crippen LogP contribution in [0.4, 0.5) is 0 Å². The summed E-state index contributed by atoms with van der Waals surface area (Å²) in [5, 5.41) is 3.43. The summed E-state index contributed by atoms with van der Waals surface area (Å²) < 4.78 is 0. The van der Waals surface area contributed by atoms with Crippen LogP contribution in [0.2, 0.25) is 0 Å². The fraction of sp³-hybridized carbons (Fsp3) is 0.714. The van der Waals surface area contributed by atoms with Gasteiger partial charge < -0.3 is 5.32 Å². The molecule has 0 aromatic rings. The number of hydrogen-bond donors (Lipinski definition) is 1. The number of nitrogens with one attached hydrogen (secondary N) is 1. The Bertz CT molecular complexity index is 234. The van der Waals surface area contributed by atoms with Gasteiger partial charge in [0.15, 0.2) is 0 Å². The van der Waals surface area contributed by atoms with E-state index in [1.165, 1.54) is 58.0 Å². The Morgan fingerprint density at radius 3 is 2.87 bits per heavy atom. The molecule has 2 rings (SSSR count). The van der Waals surface area contributed by atoms with Gasteiger partial charge in [0.05, 0.1) is 0 Å². The molecule has 0 aromatic carbocycles. The average molecular weight is 205 g/mol. The molecule has 1 N–H and O–H groups in total. The molecule has 0 atom stereocenters. The zero-order valence-electron chi connectivity index (χ0n) is 9.67. The largest absolute Gasteiger partial charge is 0.317 e. The van der Waals surface area contributed by atoms with Crippen molar-refractivity contribution >= 4 is 0 Å². The smallest absolute Gasteiger partial charge is 0.00463 e. The Labute approximate surface area is 93.6 Å². The van der Waals surface area contributed by atoms with Gasteiger partial charge in [0, 0.05) is 0 Å². The molecule has 0 saturated carbocycles. The minimum absolute atomic E-state index is 1.01. The monoisotopic (exact) mass is 205 g/mol. The maximum atomic E-state index is 3.43. The van der Waals surface area contributed by atoms with Gasteiger partial charge in [-0.1, -0.05) is 30.2 Å². The van der Waals surface area contributed by atoms with E-state index in [0.29, 0.717) is 0 Å². The van der Waals surface area contributed by atoms with Gasteiger partial charge in [-0.15, -0.1) is 0 Å². The van der Waals surface area contributed by atoms with Crippen LogP contribution in [0.25, 0.3) is 0 Å². The Morgan fingerprint density at radius 2 is 2.13 bits per heavy atom. The highest BCUT2D eigenvalue weighted by atomic mass is 14.9. The van der Waals surface area contributed by atoms with Gasteiger partial charge in [-0.2, -0.15) is 0 Å². The maximum absolute atomic E-state index is 3.43. The van der Waals surface area contributed by atoms with Crippen molar-refractivity contribution in [2.45, 2.75) is 44.9 Å². The molecule has 1 saturated heterocycles. The second-order valence-corrected chi connectivity index (χ2v) is 4.88. The molecule has 0 unspecified atom stereocenters. The molecule has 2 aliphatic rings. The first-order valence-electron chi connectivity index (χ1n) is 6.50. The van der Waals surface area contributed by atoms with Crippen LogP contribution in [-0.4, -0.2) is 13.1 Å². The highest BCUT2D eigenvalue weighted by Crippen LogP contribution is 2.23. The summed E-state index contributed by atoms with van der Waals surface area (Å²) in [6.45, 7) is 2.49. The van der Waals surface area contributed by atoms with E-state index in [0.717, 1.165) is 5.92 Å². The van der Waals surface area contributed by atoms with Gasteiger partial charge in [-0.25, -0.2) is 0 Å². The van der Waals surface area contributed by atoms with E-state index in [2.05, 4.69) is 23.5 Å². The molecule has 0 radical (unpaired) electrons. The highest BCUT2D eigenvalue weighted by molar-refractivity contribution is 5.17. The van der Waals surface area contributed by atoms with Crippen LogP contribution in [0.15, 0.2) is 23.8 Å². The van der Waals surface area contributed by atoms with Crippen LogP contribution in [0, 0.1) is 5.92 Å². The summed E-state index contributed by atoms with van der Waals surface area (Å²) in [5.74, 6) is 1.01. The standard InChI is InChI=1S/C14H23N/c1-2-5-13(6-3-1)7-4-8-14-9-11-15-12-10-14/h1-2,5,14-15H,3-4,6-12H2. The highest BCUT2D eigenvalue weighted by Gasteiger charge is 2.12. The molecule has 0 aromatic heterocycles. The van der Waals surface area contributed by atoms with Crippen molar-refractivity contribution in [3.8, 4) is 0 Å². The van der Waals surface area contributed by atoms with Crippen LogP contribution in [0.1, 0.15) is 44.9 Å². The van der Waals surface area contributed by atoms with Gasteiger partial charge >= 0.3 is 0 Å². The van der Waals surface area contributed by atoms with Gasteiger partial charge in [0.1, 0.15) is 0 Å². The lowest BCUT2D eigenvalue weighted by molar-refractivity contribution is 0.346. The molecule has 1 aliphatic carbocycles. The lowest BCUT2D eigenvalue weighted by Crippen LogP contribution is -2.27. The Hall–Kier alpha value is -0.560. The minimum atomic E-state index is 1.01. The number of rotatable bonds is 4. The summed E-state index contributed by atoms with van der Waals surface area (Å²) >= 11 is 0. The zero-order chi connectivity index (χ0) is 10.3. The van der Waals surface area contributed by atoms with E-state index in [1.54, 1.807) is 5.57 Å². The Morgan fingerprint density at radius 1 is 1.27 bits per heavy atom. The van der Waals surface area contributed by atoms with Crippen molar-refractivity contribution in [1.82, 2.24) is 5.32 Å². The summed E-state index contributed by atoms with van der Waals surface area (Å²) in [6.07, 6.45) is 16.4. The van der Waals surface area contributed by atoms with Crippen LogP contribution < -0.4 is 5.32 Å². The SMILES string of the molecule is C1=CCCC(CCCC2CCNCC2)=C1. The molecule has 1 heteroatoms. The maximum Gasteiger partial charge on any atom is -0.00463 e. The summed E-state index contributed by atoms with van der Waals surface area (Å²) in [5.41, 5.74) is 1.67. The van der Waals surface area contributed by atoms with Crippen molar-refractivity contribution in [2.75, 3.05) is 13.1 Å². The van der Waals surface area contributed by atoms with E-state index >= 15 is 0 Å². The van der Waals surface area contributed by atoms with Crippen molar-refractivity contribution in [1.29, 1.82) is 0 Å². The van der Waals surface area contributed by atoms with Gasteiger partial charge in [-0.05, 0) is 57.5 Å². The zero-order valence-corrected chi connectivity index (χ0v) is 9.67. The van der Waals surface area contributed by atoms with Crippen molar-refractivity contribution in [3.05, 3.63) is 23.8 Å². The van der Waals surface area contributed by atoms with E-state index in [9.17, 15) is 0 Å². The van der Waals surface area contributed by atoms with Crippen LogP contribution in [-0.2, 0) is 0 Å². The first kappa shape index (κ1) is 10.9. The van der Waals surface area contributed by atoms with Gasteiger partial charge in [0.25, 0.3) is 0 Å². The molecule has 0 bridgehead atoms. The molecular weight excluding hydrogens is 182 g/mol. The number of piperidine rings is 1. The van der Waals surface area contributed by atoms with Crippen molar-refractivity contribution in [3.63, 3.8) is 0 Å². The lowest BCUT2D eigenvalue weighted by atomic mass is 9.90. The van der Waals surface area contributed by atoms with Crippen molar-refractivity contribution < 1.29 is 0 Å². The van der Waals surface area contributed by atoms with Crippen LogP contribution in [0.5, 0.6) is 0 Å². The first-order valence-corrected chi connectivity index (χ1v) is 6.50. The fourth-order valence-corrected chi connectivity index (χ4v) is 2.65. The van der Waals surface area contributed by atoms with Crippen LogP contribution in [0.3, 0.4) is 0 Å². The predicted molar refractivity (Wildman–Crippen MR) is 65.9 cm³/mol. The quantitative estimate of drug-likeness (QED) is 0.741. The predicted octanol–water partition coefficient (Wildman–Crippen LogP) is 3.43. The molecule has 1 fully saturated rings. The summed E-state index contributed by atoms with van der Waals surface area (Å²) in [6, 6.07) is 0. The molecular formula is C14H23N. The molecule has 1 aliphatic heterocycles.